The molecule has 0 bridgehead atoms. The first-order chi connectivity index (χ1) is 13.5. The Morgan fingerprint density at radius 1 is 1.36 bits per heavy atom. The highest BCUT2D eigenvalue weighted by molar-refractivity contribution is 5.79. The van der Waals surface area contributed by atoms with Gasteiger partial charge in [-0.1, -0.05) is 0 Å². The topological polar surface area (TPSA) is 105 Å². The quantitative estimate of drug-likeness (QED) is 0.707. The number of fused-ring (bicyclic) bond motifs is 1. The first kappa shape index (κ1) is 20.1. The molecule has 1 fully saturated rings. The number of H-pyrrole nitrogens is 1. The summed E-state index contributed by atoms with van der Waals surface area (Å²) >= 11 is 0. The summed E-state index contributed by atoms with van der Waals surface area (Å²) in [5.41, 5.74) is 7.09. The summed E-state index contributed by atoms with van der Waals surface area (Å²) in [4.78, 5) is 35.8. The number of carbonyl (C=O) groups is 2. The summed E-state index contributed by atoms with van der Waals surface area (Å²) in [7, 11) is 1.64. The molecule has 0 atom stereocenters. The normalized spacial score (nSPS) is 15.6. The van der Waals surface area contributed by atoms with E-state index in [1.54, 1.807) is 7.11 Å². The van der Waals surface area contributed by atoms with Crippen LogP contribution in [0.2, 0.25) is 0 Å². The molecule has 8 nitrogen and oxygen atoms in total. The number of rotatable bonds is 8. The number of hydrogen-bond donors (Lipinski definition) is 2. The molecule has 2 amide bonds. The molecular weight excluding hydrogens is 358 g/mol. The maximum absolute atomic E-state index is 12.9. The van der Waals surface area contributed by atoms with Gasteiger partial charge in [-0.15, -0.1) is 0 Å². The van der Waals surface area contributed by atoms with Gasteiger partial charge in [0.2, 0.25) is 11.8 Å². The lowest BCUT2D eigenvalue weighted by atomic mass is 9.95. The van der Waals surface area contributed by atoms with Crippen LogP contribution in [-0.4, -0.2) is 71.4 Å². The van der Waals surface area contributed by atoms with Crippen molar-refractivity contribution in [3.63, 3.8) is 0 Å². The van der Waals surface area contributed by atoms with Crippen molar-refractivity contribution in [2.45, 2.75) is 26.2 Å². The van der Waals surface area contributed by atoms with Crippen molar-refractivity contribution in [1.82, 2.24) is 19.8 Å². The molecule has 1 aliphatic rings. The number of benzene rings is 1. The van der Waals surface area contributed by atoms with E-state index in [1.165, 1.54) is 0 Å². The average Bonchev–Trinajstić information content (AvgIpc) is 3.10. The monoisotopic (exact) mass is 387 g/mol. The zero-order valence-electron chi connectivity index (χ0n) is 16.6. The number of aromatic amines is 1. The number of nitrogens with one attached hydrogen (secondary N) is 1. The zero-order chi connectivity index (χ0) is 20.1. The van der Waals surface area contributed by atoms with Crippen molar-refractivity contribution in [1.29, 1.82) is 0 Å². The van der Waals surface area contributed by atoms with Crippen LogP contribution in [0, 0.1) is 5.92 Å². The number of methoxy groups -OCH3 is 1. The molecule has 0 spiro atoms. The van der Waals surface area contributed by atoms with Gasteiger partial charge in [0, 0.05) is 31.5 Å². The van der Waals surface area contributed by atoms with Gasteiger partial charge in [-0.3, -0.25) is 14.5 Å². The Kier molecular flexibility index (Phi) is 6.51. The van der Waals surface area contributed by atoms with Crippen LogP contribution in [0.25, 0.3) is 11.0 Å². The van der Waals surface area contributed by atoms with E-state index < -0.39 is 0 Å². The van der Waals surface area contributed by atoms with Crippen LogP contribution in [0.5, 0.6) is 5.75 Å². The Balaban J connectivity index is 1.55. The highest BCUT2D eigenvalue weighted by Crippen LogP contribution is 2.21. The fourth-order valence-electron chi connectivity index (χ4n) is 3.77. The smallest absolute Gasteiger partial charge is 0.231 e. The number of carbonyl (C=O) groups excluding carboxylic acids is 2. The van der Waals surface area contributed by atoms with Crippen LogP contribution in [0.1, 0.15) is 25.6 Å². The molecule has 2 aromatic rings. The number of imidazole rings is 1. The van der Waals surface area contributed by atoms with Crippen molar-refractivity contribution < 1.29 is 14.3 Å². The second-order valence-electron chi connectivity index (χ2n) is 7.25. The SMILES string of the molecule is CCN(CCc1nc2ccc(OC)cc2[nH]1)C(=O)C1CCN(CC(N)=O)CC1. The number of nitrogens with zero attached hydrogens (tertiary/aromatic N) is 3. The third-order valence-electron chi connectivity index (χ3n) is 5.37. The molecule has 152 valence electrons. The average molecular weight is 387 g/mol. The molecular formula is C20H29N5O3. The van der Waals surface area contributed by atoms with Crippen molar-refractivity contribution in [2.75, 3.05) is 39.8 Å². The summed E-state index contributed by atoms with van der Waals surface area (Å²) in [6.45, 7) is 5.06. The Morgan fingerprint density at radius 2 is 2.11 bits per heavy atom. The van der Waals surface area contributed by atoms with Crippen molar-refractivity contribution in [3.05, 3.63) is 24.0 Å². The van der Waals surface area contributed by atoms with Crippen LogP contribution >= 0.6 is 0 Å². The minimum atomic E-state index is -0.316. The number of aromatic nitrogens is 2. The van der Waals surface area contributed by atoms with E-state index in [2.05, 4.69) is 9.97 Å². The summed E-state index contributed by atoms with van der Waals surface area (Å²) in [5.74, 6) is 1.55. The third kappa shape index (κ3) is 4.81. The molecule has 28 heavy (non-hydrogen) atoms. The van der Waals surface area contributed by atoms with Gasteiger partial charge >= 0.3 is 0 Å². The van der Waals surface area contributed by atoms with Gasteiger partial charge in [0.1, 0.15) is 11.6 Å². The molecule has 1 aromatic heterocycles. The Labute approximate surface area is 165 Å². The largest absolute Gasteiger partial charge is 0.497 e. The second-order valence-corrected chi connectivity index (χ2v) is 7.25. The Bertz CT molecular complexity index is 826. The van der Waals surface area contributed by atoms with Crippen molar-refractivity contribution >= 4 is 22.8 Å². The van der Waals surface area contributed by atoms with Gasteiger partial charge in [0.15, 0.2) is 0 Å². The van der Waals surface area contributed by atoms with E-state index >= 15 is 0 Å². The fraction of sp³-hybridized carbons (Fsp3) is 0.550. The number of piperidine rings is 1. The van der Waals surface area contributed by atoms with E-state index in [1.807, 2.05) is 34.9 Å². The van der Waals surface area contributed by atoms with Gasteiger partial charge in [-0.25, -0.2) is 4.98 Å². The highest BCUT2D eigenvalue weighted by atomic mass is 16.5. The summed E-state index contributed by atoms with van der Waals surface area (Å²) in [6.07, 6.45) is 2.22. The minimum absolute atomic E-state index is 0.0176. The van der Waals surface area contributed by atoms with E-state index in [9.17, 15) is 9.59 Å². The number of nitrogens with two attached hydrogens (primary N) is 1. The standard InChI is InChI=1S/C20H29N5O3/c1-3-25(20(27)14-6-9-24(10-7-14)13-18(21)26)11-8-19-22-16-5-4-15(28-2)12-17(16)23-19/h4-5,12,14H,3,6-11,13H2,1-2H3,(H2,21,26)(H,22,23). The summed E-state index contributed by atoms with van der Waals surface area (Å²) < 4.78 is 5.24. The lowest BCUT2D eigenvalue weighted by molar-refractivity contribution is -0.136. The first-order valence-corrected chi connectivity index (χ1v) is 9.82. The van der Waals surface area contributed by atoms with Crippen LogP contribution in [0.3, 0.4) is 0 Å². The molecule has 1 saturated heterocycles. The molecule has 1 aliphatic heterocycles. The first-order valence-electron chi connectivity index (χ1n) is 9.82. The summed E-state index contributed by atoms with van der Waals surface area (Å²) in [6, 6.07) is 5.74. The lowest BCUT2D eigenvalue weighted by Crippen LogP contribution is -2.45. The second kappa shape index (κ2) is 9.05. The van der Waals surface area contributed by atoms with Crippen LogP contribution < -0.4 is 10.5 Å². The van der Waals surface area contributed by atoms with Crippen LogP contribution in [0.4, 0.5) is 0 Å². The maximum Gasteiger partial charge on any atom is 0.231 e. The lowest BCUT2D eigenvalue weighted by Gasteiger charge is -2.33. The maximum atomic E-state index is 12.9. The molecule has 3 rings (SSSR count). The highest BCUT2D eigenvalue weighted by Gasteiger charge is 2.28. The van der Waals surface area contributed by atoms with Crippen LogP contribution in [0.15, 0.2) is 18.2 Å². The number of amides is 2. The number of likely N-dealkylation sites (tertiary alicyclic amines) is 1. The molecule has 2 heterocycles. The van der Waals surface area contributed by atoms with Gasteiger partial charge < -0.3 is 20.4 Å². The predicted octanol–water partition coefficient (Wildman–Crippen LogP) is 1.16. The van der Waals surface area contributed by atoms with Gasteiger partial charge in [0.25, 0.3) is 0 Å². The van der Waals surface area contributed by atoms with Crippen LogP contribution in [-0.2, 0) is 16.0 Å². The molecule has 0 unspecified atom stereocenters. The number of hydrogen-bond acceptors (Lipinski definition) is 5. The van der Waals surface area contributed by atoms with E-state index in [4.69, 9.17) is 10.5 Å². The van der Waals surface area contributed by atoms with E-state index in [0.29, 0.717) is 19.5 Å². The molecule has 1 aromatic carbocycles. The molecule has 8 heteroatoms. The number of ether oxygens (including phenoxy) is 1. The molecule has 0 saturated carbocycles. The Morgan fingerprint density at radius 3 is 2.75 bits per heavy atom. The molecule has 3 N–H and O–H groups in total. The Hall–Kier alpha value is -2.61. The third-order valence-corrected chi connectivity index (χ3v) is 5.37. The van der Waals surface area contributed by atoms with E-state index in [0.717, 1.165) is 48.5 Å². The van der Waals surface area contributed by atoms with Crippen molar-refractivity contribution in [2.24, 2.45) is 11.7 Å². The predicted molar refractivity (Wildman–Crippen MR) is 107 cm³/mol. The van der Waals surface area contributed by atoms with Crippen molar-refractivity contribution in [3.8, 4) is 5.75 Å². The molecule has 0 radical (unpaired) electrons. The zero-order valence-corrected chi connectivity index (χ0v) is 16.6. The van der Waals surface area contributed by atoms with E-state index in [-0.39, 0.29) is 24.3 Å². The number of likely N-dealkylation sites (N-methyl/N-ethyl adjacent to an activating group) is 1. The number of primary amides is 1. The van der Waals surface area contributed by atoms with Gasteiger partial charge in [0.05, 0.1) is 24.7 Å². The molecule has 0 aliphatic carbocycles. The van der Waals surface area contributed by atoms with Gasteiger partial charge in [-0.2, -0.15) is 0 Å². The minimum Gasteiger partial charge on any atom is -0.497 e. The van der Waals surface area contributed by atoms with Gasteiger partial charge in [-0.05, 0) is 45.0 Å². The summed E-state index contributed by atoms with van der Waals surface area (Å²) in [5, 5.41) is 0. The fourth-order valence-corrected chi connectivity index (χ4v) is 3.77.